The van der Waals surface area contributed by atoms with Crippen LogP contribution in [0.5, 0.6) is 0 Å². The van der Waals surface area contributed by atoms with E-state index in [1.54, 1.807) is 27.7 Å². The molecule has 0 N–H and O–H groups in total. The van der Waals surface area contributed by atoms with Crippen molar-refractivity contribution in [1.29, 1.82) is 5.26 Å². The molecule has 17 heavy (non-hydrogen) atoms. The number of ether oxygens (including phenoxy) is 1. The molecule has 5 nitrogen and oxygen atoms in total. The standard InChI is InChI=1S/C12H20N2O3/c1-5-12(4,9-13)11(16)14(6-2)8-10(15)17-7-3/h5-8H2,1-4H3. The Balaban J connectivity index is 4.73. The third-order valence-corrected chi connectivity index (χ3v) is 2.72. The van der Waals surface area contributed by atoms with Crippen LogP contribution >= 0.6 is 0 Å². The first-order valence-corrected chi connectivity index (χ1v) is 5.81. The lowest BCUT2D eigenvalue weighted by molar-refractivity contribution is -0.151. The molecular weight excluding hydrogens is 220 g/mol. The minimum atomic E-state index is -1.07. The minimum Gasteiger partial charge on any atom is -0.465 e. The molecule has 96 valence electrons. The zero-order chi connectivity index (χ0) is 13.5. The monoisotopic (exact) mass is 240 g/mol. The Morgan fingerprint density at radius 3 is 2.29 bits per heavy atom. The van der Waals surface area contributed by atoms with Crippen molar-refractivity contribution in [2.75, 3.05) is 19.7 Å². The van der Waals surface area contributed by atoms with Crippen molar-refractivity contribution >= 4 is 11.9 Å². The van der Waals surface area contributed by atoms with Crippen molar-refractivity contribution in [3.63, 3.8) is 0 Å². The second kappa shape index (κ2) is 6.89. The van der Waals surface area contributed by atoms with Crippen LogP contribution in [0.4, 0.5) is 0 Å². The van der Waals surface area contributed by atoms with Crippen LogP contribution in [0.25, 0.3) is 0 Å². The average Bonchev–Trinajstić information content (AvgIpc) is 2.34. The zero-order valence-electron chi connectivity index (χ0n) is 10.9. The predicted octanol–water partition coefficient (Wildman–Crippen LogP) is 1.34. The van der Waals surface area contributed by atoms with Crippen LogP contribution < -0.4 is 0 Å². The first kappa shape index (κ1) is 15.4. The highest BCUT2D eigenvalue weighted by molar-refractivity contribution is 5.88. The Hall–Kier alpha value is -1.57. The van der Waals surface area contributed by atoms with Crippen LogP contribution in [-0.2, 0) is 14.3 Å². The lowest BCUT2D eigenvalue weighted by Crippen LogP contribution is -2.44. The van der Waals surface area contributed by atoms with Gasteiger partial charge in [-0.2, -0.15) is 5.26 Å². The van der Waals surface area contributed by atoms with Gasteiger partial charge in [0, 0.05) is 6.54 Å². The van der Waals surface area contributed by atoms with Gasteiger partial charge >= 0.3 is 5.97 Å². The molecule has 0 fully saturated rings. The number of carbonyl (C=O) groups is 2. The number of carbonyl (C=O) groups excluding carboxylic acids is 2. The molecule has 1 amide bonds. The molecule has 0 radical (unpaired) electrons. The van der Waals surface area contributed by atoms with E-state index < -0.39 is 11.4 Å². The van der Waals surface area contributed by atoms with Crippen molar-refractivity contribution in [2.24, 2.45) is 5.41 Å². The van der Waals surface area contributed by atoms with Gasteiger partial charge in [0.25, 0.3) is 0 Å². The lowest BCUT2D eigenvalue weighted by atomic mass is 9.88. The molecular formula is C12H20N2O3. The fourth-order valence-electron chi connectivity index (χ4n) is 1.32. The van der Waals surface area contributed by atoms with E-state index in [1.165, 1.54) is 4.90 Å². The van der Waals surface area contributed by atoms with Gasteiger partial charge in [-0.25, -0.2) is 0 Å². The number of hydrogen-bond acceptors (Lipinski definition) is 4. The summed E-state index contributed by atoms with van der Waals surface area (Å²) in [5, 5.41) is 9.02. The topological polar surface area (TPSA) is 70.4 Å². The molecule has 0 spiro atoms. The summed E-state index contributed by atoms with van der Waals surface area (Å²) in [6, 6.07) is 2.00. The first-order valence-electron chi connectivity index (χ1n) is 5.81. The Morgan fingerprint density at radius 1 is 1.35 bits per heavy atom. The molecule has 0 aliphatic heterocycles. The third kappa shape index (κ3) is 4.06. The fraction of sp³-hybridized carbons (Fsp3) is 0.750. The number of nitrogens with zero attached hydrogens (tertiary/aromatic N) is 2. The van der Waals surface area contributed by atoms with Crippen LogP contribution in [-0.4, -0.2) is 36.5 Å². The summed E-state index contributed by atoms with van der Waals surface area (Å²) in [5.74, 6) is -0.767. The maximum atomic E-state index is 12.1. The second-order valence-corrected chi connectivity index (χ2v) is 3.92. The molecule has 0 aliphatic carbocycles. The van der Waals surface area contributed by atoms with Crippen molar-refractivity contribution in [3.8, 4) is 6.07 Å². The van der Waals surface area contributed by atoms with Gasteiger partial charge in [-0.05, 0) is 27.2 Å². The summed E-state index contributed by atoms with van der Waals surface area (Å²) in [6.45, 7) is 7.41. The molecule has 0 bridgehead atoms. The van der Waals surface area contributed by atoms with E-state index in [4.69, 9.17) is 10.00 Å². The number of hydrogen-bond donors (Lipinski definition) is 0. The molecule has 0 aromatic heterocycles. The van der Waals surface area contributed by atoms with Crippen molar-refractivity contribution < 1.29 is 14.3 Å². The highest BCUT2D eigenvalue weighted by Gasteiger charge is 2.35. The van der Waals surface area contributed by atoms with Crippen molar-refractivity contribution in [1.82, 2.24) is 4.90 Å². The van der Waals surface area contributed by atoms with Crippen molar-refractivity contribution in [2.45, 2.75) is 34.1 Å². The minimum absolute atomic E-state index is 0.0968. The Morgan fingerprint density at radius 2 is 1.94 bits per heavy atom. The van der Waals surface area contributed by atoms with Crippen LogP contribution in [0.15, 0.2) is 0 Å². The number of likely N-dealkylation sites (N-methyl/N-ethyl adjacent to an activating group) is 1. The van der Waals surface area contributed by atoms with Gasteiger partial charge in [-0.15, -0.1) is 0 Å². The molecule has 0 heterocycles. The summed E-state index contributed by atoms with van der Waals surface area (Å²) >= 11 is 0. The summed E-state index contributed by atoms with van der Waals surface area (Å²) in [5.41, 5.74) is -1.07. The molecule has 0 saturated carbocycles. The highest BCUT2D eigenvalue weighted by Crippen LogP contribution is 2.22. The van der Waals surface area contributed by atoms with Gasteiger partial charge in [-0.3, -0.25) is 9.59 Å². The van der Waals surface area contributed by atoms with Gasteiger partial charge in [0.2, 0.25) is 5.91 Å². The third-order valence-electron chi connectivity index (χ3n) is 2.72. The van der Waals surface area contributed by atoms with Gasteiger partial charge in [0.05, 0.1) is 12.7 Å². The number of rotatable bonds is 6. The molecule has 0 aromatic carbocycles. The summed E-state index contributed by atoms with van der Waals surface area (Å²) in [4.78, 5) is 24.8. The second-order valence-electron chi connectivity index (χ2n) is 3.92. The summed E-state index contributed by atoms with van der Waals surface area (Å²) < 4.78 is 4.79. The van der Waals surface area contributed by atoms with Crippen LogP contribution in [0, 0.1) is 16.7 Å². The van der Waals surface area contributed by atoms with E-state index >= 15 is 0 Å². The van der Waals surface area contributed by atoms with Gasteiger partial charge in [-0.1, -0.05) is 6.92 Å². The smallest absolute Gasteiger partial charge is 0.325 e. The quantitative estimate of drug-likeness (QED) is 0.657. The molecule has 5 heteroatoms. The summed E-state index contributed by atoms with van der Waals surface area (Å²) in [6.07, 6.45) is 0.418. The molecule has 0 saturated heterocycles. The van der Waals surface area contributed by atoms with Gasteiger partial charge < -0.3 is 9.64 Å². The molecule has 0 aliphatic rings. The summed E-state index contributed by atoms with van der Waals surface area (Å²) in [7, 11) is 0. The normalized spacial score (nSPS) is 13.4. The van der Waals surface area contributed by atoms with Crippen LogP contribution in [0.3, 0.4) is 0 Å². The van der Waals surface area contributed by atoms with E-state index in [1.807, 2.05) is 6.07 Å². The van der Waals surface area contributed by atoms with E-state index in [0.717, 1.165) is 0 Å². The zero-order valence-corrected chi connectivity index (χ0v) is 10.9. The molecule has 1 atom stereocenters. The average molecular weight is 240 g/mol. The SMILES string of the molecule is CCOC(=O)CN(CC)C(=O)C(C)(C#N)CC. The molecule has 1 unspecified atom stereocenters. The molecule has 0 aromatic rings. The predicted molar refractivity (Wildman–Crippen MR) is 62.9 cm³/mol. The lowest BCUT2D eigenvalue weighted by Gasteiger charge is -2.27. The number of esters is 1. The van der Waals surface area contributed by atoms with Crippen molar-refractivity contribution in [3.05, 3.63) is 0 Å². The van der Waals surface area contributed by atoms with Gasteiger partial charge in [0.15, 0.2) is 0 Å². The van der Waals surface area contributed by atoms with Gasteiger partial charge in [0.1, 0.15) is 12.0 Å². The fourth-order valence-corrected chi connectivity index (χ4v) is 1.32. The maximum absolute atomic E-state index is 12.1. The van der Waals surface area contributed by atoms with E-state index in [-0.39, 0.29) is 19.1 Å². The largest absolute Gasteiger partial charge is 0.465 e. The number of amides is 1. The van der Waals surface area contributed by atoms with Crippen LogP contribution in [0.2, 0.25) is 0 Å². The molecule has 0 rings (SSSR count). The maximum Gasteiger partial charge on any atom is 0.325 e. The van der Waals surface area contributed by atoms with E-state index in [9.17, 15) is 9.59 Å². The van der Waals surface area contributed by atoms with E-state index in [2.05, 4.69) is 0 Å². The Labute approximate surface area is 102 Å². The van der Waals surface area contributed by atoms with E-state index in [0.29, 0.717) is 13.0 Å². The highest BCUT2D eigenvalue weighted by atomic mass is 16.5. The first-order chi connectivity index (χ1) is 7.95. The Kier molecular flexibility index (Phi) is 6.26. The number of nitriles is 1. The Bertz CT molecular complexity index is 322. The van der Waals surface area contributed by atoms with Crippen LogP contribution in [0.1, 0.15) is 34.1 Å².